The van der Waals surface area contributed by atoms with Crippen molar-refractivity contribution >= 4 is 27.0 Å². The van der Waals surface area contributed by atoms with E-state index in [1.165, 1.54) is 0 Å². The van der Waals surface area contributed by atoms with E-state index >= 15 is 0 Å². The molecule has 0 fully saturated rings. The standard InChI is InChI=1S/C13H8BrNO/c14-11-12-10(7-4-8-15-12)16-13(11)9-5-2-1-3-6-9/h1-8H. The van der Waals surface area contributed by atoms with E-state index in [9.17, 15) is 0 Å². The molecule has 0 bridgehead atoms. The lowest BCUT2D eigenvalue weighted by Crippen LogP contribution is -1.73. The van der Waals surface area contributed by atoms with Crippen molar-refractivity contribution in [2.75, 3.05) is 0 Å². The topological polar surface area (TPSA) is 26.0 Å². The van der Waals surface area contributed by atoms with Crippen LogP contribution in [0.2, 0.25) is 0 Å². The largest absolute Gasteiger partial charge is 0.453 e. The van der Waals surface area contributed by atoms with Gasteiger partial charge >= 0.3 is 0 Å². The van der Waals surface area contributed by atoms with Crippen molar-refractivity contribution in [1.29, 1.82) is 0 Å². The second kappa shape index (κ2) is 3.76. The Labute approximate surface area is 101 Å². The molecule has 3 aromatic rings. The summed E-state index contributed by atoms with van der Waals surface area (Å²) in [6.45, 7) is 0. The highest BCUT2D eigenvalue weighted by molar-refractivity contribution is 9.10. The van der Waals surface area contributed by atoms with Gasteiger partial charge in [0.2, 0.25) is 0 Å². The van der Waals surface area contributed by atoms with Crippen LogP contribution in [0.4, 0.5) is 0 Å². The number of benzene rings is 1. The first-order valence-corrected chi connectivity index (χ1v) is 5.74. The van der Waals surface area contributed by atoms with Crippen molar-refractivity contribution in [3.8, 4) is 11.3 Å². The molecule has 0 N–H and O–H groups in total. The van der Waals surface area contributed by atoms with Gasteiger partial charge in [-0.05, 0) is 28.1 Å². The number of fused-ring (bicyclic) bond motifs is 1. The molecule has 0 saturated heterocycles. The predicted octanol–water partition coefficient (Wildman–Crippen LogP) is 4.26. The minimum Gasteiger partial charge on any atom is -0.453 e. The molecule has 0 atom stereocenters. The maximum atomic E-state index is 5.78. The van der Waals surface area contributed by atoms with Crippen LogP contribution in [0.5, 0.6) is 0 Å². The molecule has 3 rings (SSSR count). The van der Waals surface area contributed by atoms with E-state index in [-0.39, 0.29) is 0 Å². The van der Waals surface area contributed by atoms with E-state index < -0.39 is 0 Å². The zero-order chi connectivity index (χ0) is 11.0. The number of rotatable bonds is 1. The monoisotopic (exact) mass is 273 g/mol. The molecule has 0 aliphatic rings. The van der Waals surface area contributed by atoms with E-state index in [1.807, 2.05) is 42.5 Å². The van der Waals surface area contributed by atoms with E-state index in [1.54, 1.807) is 6.20 Å². The number of pyridine rings is 1. The highest BCUT2D eigenvalue weighted by Gasteiger charge is 2.13. The van der Waals surface area contributed by atoms with Crippen molar-refractivity contribution in [1.82, 2.24) is 4.98 Å². The smallest absolute Gasteiger partial charge is 0.154 e. The normalized spacial score (nSPS) is 10.8. The van der Waals surface area contributed by atoms with Crippen LogP contribution in [0.3, 0.4) is 0 Å². The highest BCUT2D eigenvalue weighted by atomic mass is 79.9. The minimum absolute atomic E-state index is 0.799. The predicted molar refractivity (Wildman–Crippen MR) is 67.1 cm³/mol. The first-order chi connectivity index (χ1) is 7.86. The van der Waals surface area contributed by atoms with Crippen molar-refractivity contribution in [3.05, 3.63) is 53.1 Å². The highest BCUT2D eigenvalue weighted by Crippen LogP contribution is 2.36. The van der Waals surface area contributed by atoms with Crippen molar-refractivity contribution in [2.45, 2.75) is 0 Å². The van der Waals surface area contributed by atoms with Gasteiger partial charge in [-0.25, -0.2) is 0 Å². The van der Waals surface area contributed by atoms with Crippen LogP contribution in [-0.4, -0.2) is 4.98 Å². The number of hydrogen-bond donors (Lipinski definition) is 0. The van der Waals surface area contributed by atoms with E-state index in [0.29, 0.717) is 0 Å². The Hall–Kier alpha value is -1.61. The zero-order valence-electron chi connectivity index (χ0n) is 8.35. The van der Waals surface area contributed by atoms with Gasteiger partial charge in [0.25, 0.3) is 0 Å². The van der Waals surface area contributed by atoms with Crippen LogP contribution < -0.4 is 0 Å². The molecule has 0 aliphatic carbocycles. The lowest BCUT2D eigenvalue weighted by molar-refractivity contribution is 0.629. The van der Waals surface area contributed by atoms with Crippen LogP contribution in [0.25, 0.3) is 22.4 Å². The van der Waals surface area contributed by atoms with Crippen LogP contribution in [0.1, 0.15) is 0 Å². The summed E-state index contributed by atoms with van der Waals surface area (Å²) in [4.78, 5) is 4.29. The van der Waals surface area contributed by atoms with Crippen molar-refractivity contribution < 1.29 is 4.42 Å². The molecule has 78 valence electrons. The summed E-state index contributed by atoms with van der Waals surface area (Å²) >= 11 is 3.53. The molecule has 16 heavy (non-hydrogen) atoms. The summed E-state index contributed by atoms with van der Waals surface area (Å²) in [6, 6.07) is 13.8. The fourth-order valence-corrected chi connectivity index (χ4v) is 2.28. The van der Waals surface area contributed by atoms with Gasteiger partial charge in [-0.1, -0.05) is 30.3 Å². The molecular formula is C13H8BrNO. The number of furan rings is 1. The van der Waals surface area contributed by atoms with E-state index in [0.717, 1.165) is 26.9 Å². The van der Waals surface area contributed by atoms with Gasteiger partial charge in [-0.15, -0.1) is 0 Å². The third-order valence-corrected chi connectivity index (χ3v) is 3.16. The van der Waals surface area contributed by atoms with E-state index in [2.05, 4.69) is 20.9 Å². The first-order valence-electron chi connectivity index (χ1n) is 4.95. The quantitative estimate of drug-likeness (QED) is 0.662. The molecule has 0 saturated carbocycles. The van der Waals surface area contributed by atoms with Gasteiger partial charge in [0.05, 0.1) is 4.47 Å². The summed E-state index contributed by atoms with van der Waals surface area (Å²) in [7, 11) is 0. The van der Waals surface area contributed by atoms with Gasteiger partial charge in [0.1, 0.15) is 5.52 Å². The maximum absolute atomic E-state index is 5.78. The fourth-order valence-electron chi connectivity index (χ4n) is 1.68. The van der Waals surface area contributed by atoms with Crippen LogP contribution in [0, 0.1) is 0 Å². The molecule has 0 amide bonds. The molecule has 1 aromatic carbocycles. The Balaban J connectivity index is 2.29. The summed E-state index contributed by atoms with van der Waals surface area (Å²) in [5, 5.41) is 0. The Kier molecular flexibility index (Phi) is 2.26. The molecule has 3 heteroatoms. The molecule has 0 unspecified atom stereocenters. The first kappa shape index (κ1) is 9.60. The van der Waals surface area contributed by atoms with Gasteiger partial charge < -0.3 is 4.42 Å². The summed E-state index contributed by atoms with van der Waals surface area (Å²) < 4.78 is 6.69. The number of halogens is 1. The second-order valence-corrected chi connectivity index (χ2v) is 4.25. The average molecular weight is 274 g/mol. The lowest BCUT2D eigenvalue weighted by Gasteiger charge is -1.95. The number of aromatic nitrogens is 1. The van der Waals surface area contributed by atoms with Gasteiger partial charge in [0, 0.05) is 11.8 Å². The van der Waals surface area contributed by atoms with E-state index in [4.69, 9.17) is 4.42 Å². The SMILES string of the molecule is Brc1c(-c2ccccc2)oc2cccnc12. The summed E-state index contributed by atoms with van der Waals surface area (Å²) in [5.74, 6) is 0.828. The molecule has 2 heterocycles. The lowest BCUT2D eigenvalue weighted by atomic mass is 10.2. The Morgan fingerprint density at radius 3 is 2.56 bits per heavy atom. The third-order valence-electron chi connectivity index (χ3n) is 2.43. The van der Waals surface area contributed by atoms with Crippen molar-refractivity contribution in [2.24, 2.45) is 0 Å². The van der Waals surface area contributed by atoms with Crippen molar-refractivity contribution in [3.63, 3.8) is 0 Å². The molecule has 2 aromatic heterocycles. The molecule has 0 aliphatic heterocycles. The van der Waals surface area contributed by atoms with Crippen LogP contribution >= 0.6 is 15.9 Å². The Bertz CT molecular complexity index is 631. The Morgan fingerprint density at radius 2 is 1.81 bits per heavy atom. The third kappa shape index (κ3) is 1.44. The number of nitrogens with zero attached hydrogens (tertiary/aromatic N) is 1. The molecule has 0 spiro atoms. The maximum Gasteiger partial charge on any atom is 0.154 e. The molecule has 0 radical (unpaired) electrons. The Morgan fingerprint density at radius 1 is 1.00 bits per heavy atom. The van der Waals surface area contributed by atoms with Gasteiger partial charge in [-0.2, -0.15) is 0 Å². The second-order valence-electron chi connectivity index (χ2n) is 3.46. The molecule has 2 nitrogen and oxygen atoms in total. The fraction of sp³-hybridized carbons (Fsp3) is 0. The summed E-state index contributed by atoms with van der Waals surface area (Å²) in [5.41, 5.74) is 2.71. The minimum atomic E-state index is 0.799. The zero-order valence-corrected chi connectivity index (χ0v) is 9.94. The van der Waals surface area contributed by atoms with Gasteiger partial charge in [-0.3, -0.25) is 4.98 Å². The van der Waals surface area contributed by atoms with Crippen LogP contribution in [0.15, 0.2) is 57.6 Å². The number of hydrogen-bond acceptors (Lipinski definition) is 2. The average Bonchev–Trinajstić information content (AvgIpc) is 2.69. The van der Waals surface area contributed by atoms with Gasteiger partial charge in [0.15, 0.2) is 11.3 Å². The summed E-state index contributed by atoms with van der Waals surface area (Å²) in [6.07, 6.45) is 1.76. The van der Waals surface area contributed by atoms with Crippen LogP contribution in [-0.2, 0) is 0 Å². The molecular weight excluding hydrogens is 266 g/mol.